The normalized spacial score (nSPS) is 11.7. The van der Waals surface area contributed by atoms with Gasteiger partial charge in [0.05, 0.1) is 25.3 Å². The lowest BCUT2D eigenvalue weighted by Crippen LogP contribution is -2.33. The van der Waals surface area contributed by atoms with Crippen molar-refractivity contribution in [1.82, 2.24) is 5.32 Å². The third kappa shape index (κ3) is 5.89. The molecule has 0 heterocycles. The third-order valence-electron chi connectivity index (χ3n) is 2.55. The summed E-state index contributed by atoms with van der Waals surface area (Å²) in [5.41, 5.74) is 0.451. The van der Waals surface area contributed by atoms with Crippen LogP contribution in [0.2, 0.25) is 0 Å². The molecule has 1 rings (SSSR count). The molecule has 0 fully saturated rings. The maximum Gasteiger partial charge on any atom is 0.124 e. The molecule has 0 bridgehead atoms. The van der Waals surface area contributed by atoms with Crippen molar-refractivity contribution in [2.75, 3.05) is 40.5 Å². The van der Waals surface area contributed by atoms with E-state index in [2.05, 4.69) is 5.32 Å². The minimum atomic E-state index is -0.636. The van der Waals surface area contributed by atoms with Gasteiger partial charge in [0.15, 0.2) is 0 Å². The highest BCUT2D eigenvalue weighted by Gasteiger charge is 2.07. The lowest BCUT2D eigenvalue weighted by Gasteiger charge is -2.14. The van der Waals surface area contributed by atoms with Gasteiger partial charge in [0.2, 0.25) is 0 Å². The third-order valence-corrected chi connectivity index (χ3v) is 2.55. The average Bonchev–Trinajstić information content (AvgIpc) is 2.49. The molecule has 6 heteroatoms. The van der Waals surface area contributed by atoms with Crippen LogP contribution in [0.5, 0.6) is 11.5 Å². The van der Waals surface area contributed by atoms with Gasteiger partial charge >= 0.3 is 0 Å². The summed E-state index contributed by atoms with van der Waals surface area (Å²) in [5.74, 6) is 1.05. The monoisotopic (exact) mass is 280 g/mol. The SMILES string of the molecule is COCCNCC(O)COc1cc(C#N)cc(OC)c1. The van der Waals surface area contributed by atoms with Crippen molar-refractivity contribution in [2.24, 2.45) is 0 Å². The number of aliphatic hydroxyl groups excluding tert-OH is 1. The van der Waals surface area contributed by atoms with E-state index in [1.807, 2.05) is 6.07 Å². The van der Waals surface area contributed by atoms with Gasteiger partial charge in [0.1, 0.15) is 24.2 Å². The van der Waals surface area contributed by atoms with Crippen molar-refractivity contribution in [3.05, 3.63) is 23.8 Å². The van der Waals surface area contributed by atoms with Crippen molar-refractivity contribution >= 4 is 0 Å². The van der Waals surface area contributed by atoms with Crippen molar-refractivity contribution in [1.29, 1.82) is 5.26 Å². The van der Waals surface area contributed by atoms with Gasteiger partial charge in [-0.1, -0.05) is 0 Å². The number of nitriles is 1. The molecule has 0 aliphatic rings. The molecule has 0 saturated heterocycles. The number of rotatable bonds is 9. The number of hydrogen-bond donors (Lipinski definition) is 2. The first-order valence-corrected chi connectivity index (χ1v) is 6.29. The Hall–Kier alpha value is -1.81. The van der Waals surface area contributed by atoms with Crippen LogP contribution >= 0.6 is 0 Å². The Morgan fingerprint density at radius 2 is 2.05 bits per heavy atom. The van der Waals surface area contributed by atoms with Gasteiger partial charge < -0.3 is 24.6 Å². The second-order valence-corrected chi connectivity index (χ2v) is 4.17. The number of ether oxygens (including phenoxy) is 3. The minimum absolute atomic E-state index is 0.137. The van der Waals surface area contributed by atoms with Gasteiger partial charge in [-0.25, -0.2) is 0 Å². The zero-order chi connectivity index (χ0) is 14.8. The molecule has 20 heavy (non-hydrogen) atoms. The molecular formula is C14H20N2O4. The van der Waals surface area contributed by atoms with Gasteiger partial charge in [0, 0.05) is 26.3 Å². The molecule has 1 aromatic carbocycles. The summed E-state index contributed by atoms with van der Waals surface area (Å²) in [5, 5.41) is 21.7. The summed E-state index contributed by atoms with van der Waals surface area (Å²) < 4.78 is 15.4. The Labute approximate surface area is 118 Å². The van der Waals surface area contributed by atoms with Gasteiger partial charge in [-0.05, 0) is 12.1 Å². The van der Waals surface area contributed by atoms with Gasteiger partial charge in [-0.2, -0.15) is 5.26 Å². The molecule has 1 unspecified atom stereocenters. The molecule has 0 saturated carbocycles. The standard InChI is InChI=1S/C14H20N2O4/c1-18-4-3-16-9-12(17)10-20-14-6-11(8-15)5-13(7-14)19-2/h5-7,12,16-17H,3-4,9-10H2,1-2H3. The van der Waals surface area contributed by atoms with Crippen LogP contribution in [0, 0.1) is 11.3 Å². The van der Waals surface area contributed by atoms with Crippen LogP contribution in [0.4, 0.5) is 0 Å². The van der Waals surface area contributed by atoms with E-state index in [1.54, 1.807) is 25.3 Å². The lowest BCUT2D eigenvalue weighted by atomic mass is 10.2. The van der Waals surface area contributed by atoms with E-state index < -0.39 is 6.10 Å². The molecule has 2 N–H and O–H groups in total. The molecule has 0 radical (unpaired) electrons. The summed E-state index contributed by atoms with van der Waals surface area (Å²) in [6.07, 6.45) is -0.636. The van der Waals surface area contributed by atoms with Crippen LogP contribution in [-0.2, 0) is 4.74 Å². The zero-order valence-corrected chi connectivity index (χ0v) is 11.8. The highest BCUT2D eigenvalue weighted by Crippen LogP contribution is 2.22. The van der Waals surface area contributed by atoms with E-state index in [4.69, 9.17) is 19.5 Å². The van der Waals surface area contributed by atoms with Gasteiger partial charge in [-0.3, -0.25) is 0 Å². The van der Waals surface area contributed by atoms with Crippen LogP contribution in [0.1, 0.15) is 5.56 Å². The van der Waals surface area contributed by atoms with Crippen LogP contribution in [0.3, 0.4) is 0 Å². The Bertz CT molecular complexity index is 445. The molecule has 0 amide bonds. The van der Waals surface area contributed by atoms with E-state index in [0.29, 0.717) is 36.8 Å². The first-order chi connectivity index (χ1) is 9.69. The molecule has 6 nitrogen and oxygen atoms in total. The maximum absolute atomic E-state index is 9.74. The van der Waals surface area contributed by atoms with Gasteiger partial charge in [-0.15, -0.1) is 0 Å². The van der Waals surface area contributed by atoms with E-state index in [1.165, 1.54) is 7.11 Å². The summed E-state index contributed by atoms with van der Waals surface area (Å²) in [4.78, 5) is 0. The predicted molar refractivity (Wildman–Crippen MR) is 74.0 cm³/mol. The summed E-state index contributed by atoms with van der Waals surface area (Å²) in [6.45, 7) is 1.82. The Morgan fingerprint density at radius 3 is 2.70 bits per heavy atom. The molecule has 0 spiro atoms. The van der Waals surface area contributed by atoms with Crippen LogP contribution in [0.15, 0.2) is 18.2 Å². The summed E-state index contributed by atoms with van der Waals surface area (Å²) >= 11 is 0. The molecule has 1 aromatic rings. The smallest absolute Gasteiger partial charge is 0.124 e. The highest BCUT2D eigenvalue weighted by atomic mass is 16.5. The lowest BCUT2D eigenvalue weighted by molar-refractivity contribution is 0.103. The topological polar surface area (TPSA) is 83.7 Å². The minimum Gasteiger partial charge on any atom is -0.497 e. The van der Waals surface area contributed by atoms with Gasteiger partial charge in [0.25, 0.3) is 0 Å². The first kappa shape index (κ1) is 16.2. The Morgan fingerprint density at radius 1 is 1.30 bits per heavy atom. The maximum atomic E-state index is 9.74. The highest BCUT2D eigenvalue weighted by molar-refractivity contribution is 5.43. The van der Waals surface area contributed by atoms with Crippen LogP contribution in [0.25, 0.3) is 0 Å². The molecule has 110 valence electrons. The van der Waals surface area contributed by atoms with Crippen molar-refractivity contribution < 1.29 is 19.3 Å². The second kappa shape index (κ2) is 9.15. The molecular weight excluding hydrogens is 260 g/mol. The number of benzene rings is 1. The second-order valence-electron chi connectivity index (χ2n) is 4.17. The number of methoxy groups -OCH3 is 2. The van der Waals surface area contributed by atoms with Crippen molar-refractivity contribution in [2.45, 2.75) is 6.10 Å². The molecule has 1 atom stereocenters. The largest absolute Gasteiger partial charge is 0.497 e. The van der Waals surface area contributed by atoms with E-state index in [0.717, 1.165) is 0 Å². The zero-order valence-electron chi connectivity index (χ0n) is 11.8. The first-order valence-electron chi connectivity index (χ1n) is 6.29. The number of hydrogen-bond acceptors (Lipinski definition) is 6. The Kier molecular flexibility index (Phi) is 7.43. The molecule has 0 aromatic heterocycles. The molecule has 0 aliphatic heterocycles. The average molecular weight is 280 g/mol. The van der Waals surface area contributed by atoms with E-state index in [-0.39, 0.29) is 6.61 Å². The number of nitrogens with one attached hydrogen (secondary N) is 1. The number of aliphatic hydroxyl groups is 1. The van der Waals surface area contributed by atoms with Crippen LogP contribution in [-0.4, -0.2) is 51.7 Å². The van der Waals surface area contributed by atoms with Crippen LogP contribution < -0.4 is 14.8 Å². The fraction of sp³-hybridized carbons (Fsp3) is 0.500. The quantitative estimate of drug-likeness (QED) is 0.642. The Balaban J connectivity index is 2.42. The predicted octanol–water partition coefficient (Wildman–Crippen LogP) is 0.543. The van der Waals surface area contributed by atoms with Crippen molar-refractivity contribution in [3.63, 3.8) is 0 Å². The summed E-state index contributed by atoms with van der Waals surface area (Å²) in [6, 6.07) is 6.93. The number of nitrogens with zero attached hydrogens (tertiary/aromatic N) is 1. The van der Waals surface area contributed by atoms with E-state index >= 15 is 0 Å². The van der Waals surface area contributed by atoms with Crippen molar-refractivity contribution in [3.8, 4) is 17.6 Å². The fourth-order valence-electron chi connectivity index (χ4n) is 1.53. The molecule has 0 aliphatic carbocycles. The fourth-order valence-corrected chi connectivity index (χ4v) is 1.53. The summed E-state index contributed by atoms with van der Waals surface area (Å²) in [7, 11) is 3.14. The van der Waals surface area contributed by atoms with E-state index in [9.17, 15) is 5.11 Å².